The Labute approximate surface area is 128 Å². The van der Waals surface area contributed by atoms with E-state index in [1.54, 1.807) is 0 Å². The summed E-state index contributed by atoms with van der Waals surface area (Å²) < 4.78 is 13.3. The molecule has 1 rings (SSSR count). The zero-order valence-corrected chi connectivity index (χ0v) is 13.1. The molecule has 1 aromatic rings. The summed E-state index contributed by atoms with van der Waals surface area (Å²) in [6.07, 6.45) is 1.20. The molecule has 0 spiro atoms. The van der Waals surface area contributed by atoms with Gasteiger partial charge in [-0.05, 0) is 36.9 Å². The van der Waals surface area contributed by atoms with E-state index in [4.69, 9.17) is 28.9 Å². The molecule has 0 bridgehead atoms. The van der Waals surface area contributed by atoms with Crippen molar-refractivity contribution >= 4 is 34.8 Å². The quantitative estimate of drug-likeness (QED) is 0.776. The highest BCUT2D eigenvalue weighted by atomic mass is 35.5. The van der Waals surface area contributed by atoms with Crippen LogP contribution in [0.25, 0.3) is 0 Å². The van der Waals surface area contributed by atoms with Crippen LogP contribution in [0.1, 0.15) is 26.7 Å². The monoisotopic (exact) mass is 320 g/mol. The number of nitrogens with two attached hydrogens (primary N) is 1. The molecule has 20 heavy (non-hydrogen) atoms. The molecule has 1 atom stereocenters. The van der Waals surface area contributed by atoms with Crippen molar-refractivity contribution in [1.82, 2.24) is 0 Å². The minimum atomic E-state index is -0.689. The molecule has 1 unspecified atom stereocenters. The van der Waals surface area contributed by atoms with E-state index >= 15 is 0 Å². The van der Waals surface area contributed by atoms with Crippen LogP contribution in [0.3, 0.4) is 0 Å². The fourth-order valence-electron chi connectivity index (χ4n) is 2.03. The van der Waals surface area contributed by atoms with E-state index in [2.05, 4.69) is 19.2 Å². The van der Waals surface area contributed by atoms with Gasteiger partial charge in [0.2, 0.25) is 5.91 Å². The van der Waals surface area contributed by atoms with Gasteiger partial charge in [0.05, 0.1) is 10.0 Å². The van der Waals surface area contributed by atoms with Crippen LogP contribution in [0.15, 0.2) is 12.1 Å². The van der Waals surface area contributed by atoms with Gasteiger partial charge in [0.1, 0.15) is 0 Å². The topological polar surface area (TPSA) is 55.1 Å². The summed E-state index contributed by atoms with van der Waals surface area (Å²) in [7, 11) is 0. The molecule has 0 aliphatic carbocycles. The molecule has 0 heterocycles. The first-order valence-corrected chi connectivity index (χ1v) is 7.23. The first-order valence-electron chi connectivity index (χ1n) is 6.48. The zero-order valence-electron chi connectivity index (χ0n) is 11.6. The second kappa shape index (κ2) is 7.81. The van der Waals surface area contributed by atoms with Gasteiger partial charge in [-0.3, -0.25) is 4.79 Å². The van der Waals surface area contributed by atoms with Crippen molar-refractivity contribution in [3.8, 4) is 0 Å². The Kier molecular flexibility index (Phi) is 6.72. The number of benzene rings is 1. The number of halogens is 3. The van der Waals surface area contributed by atoms with Gasteiger partial charge in [0.15, 0.2) is 5.82 Å². The lowest BCUT2D eigenvalue weighted by Gasteiger charge is -2.16. The highest BCUT2D eigenvalue weighted by Gasteiger charge is 2.15. The molecule has 3 N–H and O–H groups in total. The largest absolute Gasteiger partial charge is 0.330 e. The lowest BCUT2D eigenvalue weighted by molar-refractivity contribution is -0.117. The third kappa shape index (κ3) is 5.27. The number of anilines is 1. The van der Waals surface area contributed by atoms with Crippen LogP contribution >= 0.6 is 23.2 Å². The predicted molar refractivity (Wildman–Crippen MR) is 81.7 cm³/mol. The van der Waals surface area contributed by atoms with Gasteiger partial charge in [0.25, 0.3) is 0 Å². The summed E-state index contributed by atoms with van der Waals surface area (Å²) in [5.74, 6) is -0.265. The predicted octanol–water partition coefficient (Wildman–Crippen LogP) is 4.08. The lowest BCUT2D eigenvalue weighted by atomic mass is 9.94. The Morgan fingerprint density at radius 3 is 2.35 bits per heavy atom. The molecule has 3 nitrogen and oxygen atoms in total. The van der Waals surface area contributed by atoms with Crippen molar-refractivity contribution in [3.63, 3.8) is 0 Å². The molecule has 0 saturated heterocycles. The Morgan fingerprint density at radius 2 is 1.90 bits per heavy atom. The lowest BCUT2D eigenvalue weighted by Crippen LogP contribution is -2.23. The first kappa shape index (κ1) is 17.2. The minimum Gasteiger partial charge on any atom is -0.330 e. The van der Waals surface area contributed by atoms with Gasteiger partial charge in [-0.2, -0.15) is 0 Å². The van der Waals surface area contributed by atoms with Crippen molar-refractivity contribution in [3.05, 3.63) is 28.0 Å². The maximum Gasteiger partial charge on any atom is 0.224 e. The minimum absolute atomic E-state index is 0.120. The van der Waals surface area contributed by atoms with Gasteiger partial charge in [-0.1, -0.05) is 37.0 Å². The van der Waals surface area contributed by atoms with Crippen LogP contribution in [0, 0.1) is 17.7 Å². The fraction of sp³-hybridized carbons (Fsp3) is 0.500. The van der Waals surface area contributed by atoms with Gasteiger partial charge in [-0.25, -0.2) is 4.39 Å². The van der Waals surface area contributed by atoms with Crippen LogP contribution in [-0.2, 0) is 4.79 Å². The first-order chi connectivity index (χ1) is 9.33. The zero-order chi connectivity index (χ0) is 15.3. The molecule has 1 amide bonds. The van der Waals surface area contributed by atoms with E-state index in [1.165, 1.54) is 12.1 Å². The average molecular weight is 321 g/mol. The third-order valence-corrected chi connectivity index (χ3v) is 3.43. The highest BCUT2D eigenvalue weighted by Crippen LogP contribution is 2.27. The molecule has 0 radical (unpaired) electrons. The van der Waals surface area contributed by atoms with E-state index < -0.39 is 5.82 Å². The van der Waals surface area contributed by atoms with Crippen LogP contribution in [0.5, 0.6) is 0 Å². The van der Waals surface area contributed by atoms with Crippen molar-refractivity contribution < 1.29 is 9.18 Å². The van der Waals surface area contributed by atoms with Crippen molar-refractivity contribution in [2.75, 3.05) is 11.9 Å². The fourth-order valence-corrected chi connectivity index (χ4v) is 2.52. The number of carbonyl (C=O) groups excluding carboxylic acids is 1. The second-order valence-electron chi connectivity index (χ2n) is 5.24. The number of nitrogens with one attached hydrogen (secondary N) is 1. The van der Waals surface area contributed by atoms with E-state index in [-0.39, 0.29) is 21.9 Å². The number of hydrogen-bond acceptors (Lipinski definition) is 2. The Balaban J connectivity index is 2.66. The van der Waals surface area contributed by atoms with Crippen molar-refractivity contribution in [1.29, 1.82) is 0 Å². The normalized spacial score (nSPS) is 12.6. The Bertz CT molecular complexity index is 457. The number of hydrogen-bond donors (Lipinski definition) is 2. The van der Waals surface area contributed by atoms with Gasteiger partial charge in [0, 0.05) is 12.1 Å². The van der Waals surface area contributed by atoms with Gasteiger partial charge in [-0.15, -0.1) is 0 Å². The summed E-state index contributed by atoms with van der Waals surface area (Å²) >= 11 is 11.3. The van der Waals surface area contributed by atoms with E-state index in [0.29, 0.717) is 24.6 Å². The Morgan fingerprint density at radius 1 is 1.35 bits per heavy atom. The van der Waals surface area contributed by atoms with Crippen LogP contribution < -0.4 is 11.1 Å². The molecular weight excluding hydrogens is 302 g/mol. The third-order valence-electron chi connectivity index (χ3n) is 2.88. The number of carbonyl (C=O) groups is 1. The van der Waals surface area contributed by atoms with E-state index in [1.807, 2.05) is 0 Å². The molecule has 1 aromatic carbocycles. The molecular formula is C14H19Cl2FN2O. The maximum atomic E-state index is 13.3. The number of amides is 1. The second-order valence-corrected chi connectivity index (χ2v) is 6.05. The summed E-state index contributed by atoms with van der Waals surface area (Å²) in [6.45, 7) is 4.62. The molecule has 0 saturated carbocycles. The van der Waals surface area contributed by atoms with E-state index in [9.17, 15) is 9.18 Å². The van der Waals surface area contributed by atoms with Crippen LogP contribution in [-0.4, -0.2) is 12.5 Å². The molecule has 0 aliphatic rings. The van der Waals surface area contributed by atoms with Crippen LogP contribution in [0.2, 0.25) is 10.0 Å². The average Bonchev–Trinajstić information content (AvgIpc) is 2.34. The van der Waals surface area contributed by atoms with Crippen molar-refractivity contribution in [2.24, 2.45) is 17.6 Å². The number of rotatable bonds is 6. The molecule has 112 valence electrons. The Hall–Kier alpha value is -0.840. The smallest absolute Gasteiger partial charge is 0.224 e. The van der Waals surface area contributed by atoms with Crippen LogP contribution in [0.4, 0.5) is 10.1 Å². The molecule has 0 aliphatic heterocycles. The van der Waals surface area contributed by atoms with Gasteiger partial charge < -0.3 is 11.1 Å². The molecule has 6 heteroatoms. The van der Waals surface area contributed by atoms with Gasteiger partial charge >= 0.3 is 0 Å². The molecule has 0 aromatic heterocycles. The standard InChI is InChI=1S/C14H19Cl2FN2O/c1-8(2)3-9(7-18)4-13(20)19-10-5-11(15)14(17)12(16)6-10/h5-6,8-9H,3-4,7,18H2,1-2H3,(H,19,20). The van der Waals surface area contributed by atoms with Crippen molar-refractivity contribution in [2.45, 2.75) is 26.7 Å². The molecule has 0 fully saturated rings. The summed E-state index contributed by atoms with van der Waals surface area (Å²) in [5.41, 5.74) is 6.04. The summed E-state index contributed by atoms with van der Waals surface area (Å²) in [5, 5.41) is 2.42. The highest BCUT2D eigenvalue weighted by molar-refractivity contribution is 6.35. The summed E-state index contributed by atoms with van der Waals surface area (Å²) in [6, 6.07) is 2.67. The maximum absolute atomic E-state index is 13.3. The SMILES string of the molecule is CC(C)CC(CN)CC(=O)Nc1cc(Cl)c(F)c(Cl)c1. The summed E-state index contributed by atoms with van der Waals surface area (Å²) in [4.78, 5) is 11.9. The van der Waals surface area contributed by atoms with E-state index in [0.717, 1.165) is 6.42 Å².